The van der Waals surface area contributed by atoms with Gasteiger partial charge in [0.15, 0.2) is 0 Å². The SMILES string of the molecule is CCCn1ncc(Cl)c1C(O)c1ccccc1Cl. The van der Waals surface area contributed by atoms with Crippen LogP contribution in [0.5, 0.6) is 0 Å². The molecule has 96 valence electrons. The Morgan fingerprint density at radius 1 is 1.28 bits per heavy atom. The maximum absolute atomic E-state index is 10.4. The van der Waals surface area contributed by atoms with Gasteiger partial charge in [-0.1, -0.05) is 48.3 Å². The number of halogens is 2. The van der Waals surface area contributed by atoms with E-state index in [4.69, 9.17) is 23.2 Å². The zero-order valence-electron chi connectivity index (χ0n) is 9.98. The molecular weight excluding hydrogens is 271 g/mol. The van der Waals surface area contributed by atoms with E-state index in [2.05, 4.69) is 5.10 Å². The molecule has 0 aliphatic heterocycles. The zero-order chi connectivity index (χ0) is 13.1. The molecule has 2 rings (SSSR count). The molecule has 0 aliphatic carbocycles. The predicted octanol–water partition coefficient (Wildman–Crippen LogP) is 3.68. The Hall–Kier alpha value is -1.03. The number of aliphatic hydroxyl groups is 1. The fraction of sp³-hybridized carbons (Fsp3) is 0.308. The first-order chi connectivity index (χ1) is 8.65. The highest BCUT2D eigenvalue weighted by Gasteiger charge is 2.21. The summed E-state index contributed by atoms with van der Waals surface area (Å²) in [6, 6.07) is 7.18. The highest BCUT2D eigenvalue weighted by molar-refractivity contribution is 6.32. The van der Waals surface area contributed by atoms with Crippen LogP contribution in [-0.2, 0) is 6.54 Å². The van der Waals surface area contributed by atoms with Gasteiger partial charge in [0.05, 0.1) is 16.9 Å². The van der Waals surface area contributed by atoms with Crippen LogP contribution in [0.4, 0.5) is 0 Å². The lowest BCUT2D eigenvalue weighted by atomic mass is 10.1. The lowest BCUT2D eigenvalue weighted by Crippen LogP contribution is -2.11. The van der Waals surface area contributed by atoms with Crippen molar-refractivity contribution in [3.63, 3.8) is 0 Å². The van der Waals surface area contributed by atoms with Crippen molar-refractivity contribution >= 4 is 23.2 Å². The van der Waals surface area contributed by atoms with Crippen LogP contribution in [0.1, 0.15) is 30.7 Å². The monoisotopic (exact) mass is 284 g/mol. The predicted molar refractivity (Wildman–Crippen MR) is 73.0 cm³/mol. The van der Waals surface area contributed by atoms with Crippen molar-refractivity contribution in [3.8, 4) is 0 Å². The van der Waals surface area contributed by atoms with Crippen LogP contribution in [0.25, 0.3) is 0 Å². The van der Waals surface area contributed by atoms with E-state index in [-0.39, 0.29) is 0 Å². The van der Waals surface area contributed by atoms with Gasteiger partial charge in [-0.2, -0.15) is 5.10 Å². The Kier molecular flexibility index (Phi) is 4.27. The van der Waals surface area contributed by atoms with Crippen molar-refractivity contribution in [2.24, 2.45) is 0 Å². The highest BCUT2D eigenvalue weighted by atomic mass is 35.5. The van der Waals surface area contributed by atoms with Gasteiger partial charge in [-0.05, 0) is 12.5 Å². The molecule has 0 aliphatic rings. The van der Waals surface area contributed by atoms with Crippen LogP contribution in [0.3, 0.4) is 0 Å². The van der Waals surface area contributed by atoms with Crippen molar-refractivity contribution in [1.82, 2.24) is 9.78 Å². The number of aliphatic hydroxyl groups excluding tert-OH is 1. The first-order valence-corrected chi connectivity index (χ1v) is 6.54. The molecule has 0 amide bonds. The fourth-order valence-electron chi connectivity index (χ4n) is 1.88. The number of rotatable bonds is 4. The first kappa shape index (κ1) is 13.4. The van der Waals surface area contributed by atoms with Crippen molar-refractivity contribution in [2.75, 3.05) is 0 Å². The zero-order valence-corrected chi connectivity index (χ0v) is 11.5. The lowest BCUT2D eigenvalue weighted by Gasteiger charge is -2.15. The van der Waals surface area contributed by atoms with Gasteiger partial charge in [0.2, 0.25) is 0 Å². The minimum absolute atomic E-state index is 0.455. The second-order valence-electron chi connectivity index (χ2n) is 4.02. The molecule has 0 saturated heterocycles. The summed E-state index contributed by atoms with van der Waals surface area (Å²) < 4.78 is 1.72. The summed E-state index contributed by atoms with van der Waals surface area (Å²) in [5.41, 5.74) is 1.23. The minimum atomic E-state index is -0.861. The van der Waals surface area contributed by atoms with Gasteiger partial charge in [0.25, 0.3) is 0 Å². The maximum Gasteiger partial charge on any atom is 0.124 e. The van der Waals surface area contributed by atoms with Gasteiger partial charge in [0, 0.05) is 17.1 Å². The number of hydrogen-bond donors (Lipinski definition) is 1. The quantitative estimate of drug-likeness (QED) is 0.930. The summed E-state index contributed by atoms with van der Waals surface area (Å²) in [4.78, 5) is 0. The molecule has 0 saturated carbocycles. The molecule has 3 nitrogen and oxygen atoms in total. The molecule has 1 heterocycles. The summed E-state index contributed by atoms with van der Waals surface area (Å²) in [6.45, 7) is 2.75. The number of nitrogens with zero attached hydrogens (tertiary/aromatic N) is 2. The number of benzene rings is 1. The number of hydrogen-bond acceptors (Lipinski definition) is 2. The molecule has 0 spiro atoms. The maximum atomic E-state index is 10.4. The average Bonchev–Trinajstić information content (AvgIpc) is 2.71. The number of aryl methyl sites for hydroxylation is 1. The molecule has 18 heavy (non-hydrogen) atoms. The molecule has 1 aromatic heterocycles. The summed E-state index contributed by atoms with van der Waals surface area (Å²) in [5, 5.41) is 15.6. The van der Waals surface area contributed by atoms with Crippen molar-refractivity contribution in [2.45, 2.75) is 26.0 Å². The Bertz CT molecular complexity index is 540. The second kappa shape index (κ2) is 5.74. The summed E-state index contributed by atoms with van der Waals surface area (Å²) in [5.74, 6) is 0. The van der Waals surface area contributed by atoms with E-state index in [1.165, 1.54) is 0 Å². The van der Waals surface area contributed by atoms with Gasteiger partial charge in [-0.25, -0.2) is 0 Å². The van der Waals surface area contributed by atoms with Gasteiger partial charge in [0.1, 0.15) is 6.10 Å². The summed E-state index contributed by atoms with van der Waals surface area (Å²) in [7, 11) is 0. The third-order valence-electron chi connectivity index (χ3n) is 2.73. The van der Waals surface area contributed by atoms with E-state index in [9.17, 15) is 5.11 Å². The number of aromatic nitrogens is 2. The molecule has 1 atom stereocenters. The normalized spacial score (nSPS) is 12.7. The van der Waals surface area contributed by atoms with Crippen LogP contribution >= 0.6 is 23.2 Å². The third-order valence-corrected chi connectivity index (χ3v) is 3.36. The average molecular weight is 285 g/mol. The molecule has 0 fully saturated rings. The molecule has 1 aromatic carbocycles. The van der Waals surface area contributed by atoms with E-state index >= 15 is 0 Å². The fourth-order valence-corrected chi connectivity index (χ4v) is 2.36. The van der Waals surface area contributed by atoms with Gasteiger partial charge in [-0.3, -0.25) is 4.68 Å². The molecule has 1 unspecified atom stereocenters. The van der Waals surface area contributed by atoms with E-state index in [0.29, 0.717) is 27.8 Å². The van der Waals surface area contributed by atoms with Gasteiger partial charge >= 0.3 is 0 Å². The molecule has 0 radical (unpaired) electrons. The Balaban J connectivity index is 2.42. The highest BCUT2D eigenvalue weighted by Crippen LogP contribution is 2.32. The molecule has 1 N–H and O–H groups in total. The molecule has 2 aromatic rings. The largest absolute Gasteiger partial charge is 0.382 e. The van der Waals surface area contributed by atoms with E-state index in [0.717, 1.165) is 6.42 Å². The summed E-state index contributed by atoms with van der Waals surface area (Å²) in [6.07, 6.45) is 1.60. The van der Waals surface area contributed by atoms with Gasteiger partial charge < -0.3 is 5.11 Å². The lowest BCUT2D eigenvalue weighted by molar-refractivity contribution is 0.207. The standard InChI is InChI=1S/C13H14Cl2N2O/c1-2-7-17-12(11(15)8-16-17)13(18)9-5-3-4-6-10(9)14/h3-6,8,13,18H,2,7H2,1H3. The van der Waals surface area contributed by atoms with Crippen molar-refractivity contribution in [3.05, 3.63) is 51.8 Å². The third kappa shape index (κ3) is 2.53. The topological polar surface area (TPSA) is 38.0 Å². The van der Waals surface area contributed by atoms with Crippen LogP contribution in [-0.4, -0.2) is 14.9 Å². The molecule has 5 heteroatoms. The van der Waals surface area contributed by atoms with E-state index in [1.54, 1.807) is 23.0 Å². The molecule has 0 bridgehead atoms. The van der Waals surface area contributed by atoms with Crippen LogP contribution in [0, 0.1) is 0 Å². The smallest absolute Gasteiger partial charge is 0.124 e. The van der Waals surface area contributed by atoms with Crippen molar-refractivity contribution in [1.29, 1.82) is 0 Å². The van der Waals surface area contributed by atoms with E-state index in [1.807, 2.05) is 19.1 Å². The van der Waals surface area contributed by atoms with Crippen LogP contribution in [0.2, 0.25) is 10.0 Å². The van der Waals surface area contributed by atoms with Crippen LogP contribution in [0.15, 0.2) is 30.5 Å². The molecular formula is C13H14Cl2N2O. The van der Waals surface area contributed by atoms with Gasteiger partial charge in [-0.15, -0.1) is 0 Å². The van der Waals surface area contributed by atoms with E-state index < -0.39 is 6.10 Å². The Labute approximate surface area is 116 Å². The second-order valence-corrected chi connectivity index (χ2v) is 4.84. The first-order valence-electron chi connectivity index (χ1n) is 5.78. The van der Waals surface area contributed by atoms with Crippen molar-refractivity contribution < 1.29 is 5.11 Å². The minimum Gasteiger partial charge on any atom is -0.382 e. The Morgan fingerprint density at radius 3 is 2.67 bits per heavy atom. The Morgan fingerprint density at radius 2 is 2.00 bits per heavy atom. The summed E-state index contributed by atoms with van der Waals surface area (Å²) >= 11 is 12.2. The van der Waals surface area contributed by atoms with Crippen LogP contribution < -0.4 is 0 Å².